The Hall–Kier alpha value is -3.06. The SMILES string of the molecule is C=CC1CC1(C#N)C(=O)OCc1cccc(Oc2ccccc2)c1. The van der Waals surface area contributed by atoms with Gasteiger partial charge < -0.3 is 9.47 Å². The van der Waals surface area contributed by atoms with Gasteiger partial charge in [-0.05, 0) is 36.2 Å². The fourth-order valence-electron chi connectivity index (χ4n) is 2.58. The average Bonchev–Trinajstić information content (AvgIpc) is 3.36. The van der Waals surface area contributed by atoms with Crippen molar-refractivity contribution in [3.63, 3.8) is 0 Å². The van der Waals surface area contributed by atoms with Gasteiger partial charge in [0.25, 0.3) is 0 Å². The molecule has 1 saturated carbocycles. The topological polar surface area (TPSA) is 59.3 Å². The molecule has 2 aromatic rings. The molecular weight excluding hydrogens is 302 g/mol. The molecular formula is C20H17NO3. The molecule has 0 heterocycles. The zero-order valence-corrected chi connectivity index (χ0v) is 13.1. The van der Waals surface area contributed by atoms with Crippen LogP contribution in [-0.2, 0) is 16.1 Å². The van der Waals surface area contributed by atoms with Crippen LogP contribution in [-0.4, -0.2) is 5.97 Å². The van der Waals surface area contributed by atoms with E-state index in [4.69, 9.17) is 9.47 Å². The van der Waals surface area contributed by atoms with Crippen molar-refractivity contribution in [2.45, 2.75) is 13.0 Å². The molecule has 1 aliphatic carbocycles. The van der Waals surface area contributed by atoms with Crippen LogP contribution >= 0.6 is 0 Å². The molecule has 0 saturated heterocycles. The Balaban J connectivity index is 1.62. The van der Waals surface area contributed by atoms with Crippen LogP contribution in [0.2, 0.25) is 0 Å². The van der Waals surface area contributed by atoms with Crippen LogP contribution in [0, 0.1) is 22.7 Å². The molecule has 24 heavy (non-hydrogen) atoms. The number of hydrogen-bond donors (Lipinski definition) is 0. The summed E-state index contributed by atoms with van der Waals surface area (Å²) >= 11 is 0. The summed E-state index contributed by atoms with van der Waals surface area (Å²) in [6.45, 7) is 3.75. The van der Waals surface area contributed by atoms with Crippen LogP contribution in [0.15, 0.2) is 67.3 Å². The van der Waals surface area contributed by atoms with E-state index in [1.807, 2.05) is 54.6 Å². The van der Waals surface area contributed by atoms with Crippen molar-refractivity contribution in [2.24, 2.45) is 11.3 Å². The van der Waals surface area contributed by atoms with Gasteiger partial charge in [0.2, 0.25) is 0 Å². The van der Waals surface area contributed by atoms with Gasteiger partial charge in [0.1, 0.15) is 18.1 Å². The van der Waals surface area contributed by atoms with Crippen LogP contribution in [0.3, 0.4) is 0 Å². The predicted molar refractivity (Wildman–Crippen MR) is 89.1 cm³/mol. The molecule has 120 valence electrons. The van der Waals surface area contributed by atoms with Crippen molar-refractivity contribution in [1.82, 2.24) is 0 Å². The maximum atomic E-state index is 12.2. The van der Waals surface area contributed by atoms with Gasteiger partial charge in [-0.3, -0.25) is 4.79 Å². The minimum Gasteiger partial charge on any atom is -0.460 e. The average molecular weight is 319 g/mol. The van der Waals surface area contributed by atoms with E-state index in [-0.39, 0.29) is 12.5 Å². The van der Waals surface area contributed by atoms with Crippen molar-refractivity contribution in [3.05, 3.63) is 72.8 Å². The number of para-hydroxylation sites is 1. The molecule has 0 aromatic heterocycles. The highest BCUT2D eigenvalue weighted by Crippen LogP contribution is 2.53. The van der Waals surface area contributed by atoms with E-state index in [1.54, 1.807) is 6.08 Å². The van der Waals surface area contributed by atoms with Crippen molar-refractivity contribution in [1.29, 1.82) is 5.26 Å². The van der Waals surface area contributed by atoms with Gasteiger partial charge >= 0.3 is 5.97 Å². The van der Waals surface area contributed by atoms with E-state index >= 15 is 0 Å². The number of rotatable bonds is 6. The lowest BCUT2D eigenvalue weighted by Gasteiger charge is -2.10. The van der Waals surface area contributed by atoms with E-state index < -0.39 is 11.4 Å². The van der Waals surface area contributed by atoms with Gasteiger partial charge in [-0.2, -0.15) is 5.26 Å². The highest BCUT2D eigenvalue weighted by atomic mass is 16.5. The molecule has 1 aliphatic rings. The summed E-state index contributed by atoms with van der Waals surface area (Å²) in [6, 6.07) is 18.9. The molecule has 1 fully saturated rings. The van der Waals surface area contributed by atoms with Gasteiger partial charge in [-0.1, -0.05) is 36.4 Å². The number of esters is 1. The fourth-order valence-corrected chi connectivity index (χ4v) is 2.58. The molecule has 0 spiro atoms. The molecule has 0 N–H and O–H groups in total. The maximum absolute atomic E-state index is 12.2. The van der Waals surface area contributed by atoms with Crippen LogP contribution in [0.1, 0.15) is 12.0 Å². The Bertz CT molecular complexity index is 794. The van der Waals surface area contributed by atoms with E-state index in [0.29, 0.717) is 12.2 Å². The monoisotopic (exact) mass is 319 g/mol. The van der Waals surface area contributed by atoms with E-state index in [0.717, 1.165) is 11.3 Å². The molecule has 3 rings (SSSR count). The van der Waals surface area contributed by atoms with Gasteiger partial charge in [0.05, 0.1) is 6.07 Å². The molecule has 2 aromatic carbocycles. The summed E-state index contributed by atoms with van der Waals surface area (Å²) in [7, 11) is 0. The largest absolute Gasteiger partial charge is 0.460 e. The highest BCUT2D eigenvalue weighted by molar-refractivity contribution is 5.84. The number of ether oxygens (including phenoxy) is 2. The second kappa shape index (κ2) is 6.59. The Morgan fingerprint density at radius 2 is 2.00 bits per heavy atom. The predicted octanol–water partition coefficient (Wildman–Crippen LogP) is 4.24. The van der Waals surface area contributed by atoms with Crippen molar-refractivity contribution < 1.29 is 14.3 Å². The van der Waals surface area contributed by atoms with Crippen molar-refractivity contribution >= 4 is 5.97 Å². The second-order valence-electron chi connectivity index (χ2n) is 5.77. The molecule has 4 nitrogen and oxygen atoms in total. The maximum Gasteiger partial charge on any atom is 0.327 e. The molecule has 0 radical (unpaired) electrons. The van der Waals surface area contributed by atoms with Crippen LogP contribution in [0.5, 0.6) is 11.5 Å². The first kappa shape index (κ1) is 15.8. The number of carbonyl (C=O) groups excluding carboxylic acids is 1. The fraction of sp³-hybridized carbons (Fsp3) is 0.200. The van der Waals surface area contributed by atoms with Gasteiger partial charge in [0.15, 0.2) is 5.41 Å². The number of hydrogen-bond acceptors (Lipinski definition) is 4. The summed E-state index contributed by atoms with van der Waals surface area (Å²) in [5.74, 6) is 0.814. The Kier molecular flexibility index (Phi) is 4.35. The standard InChI is InChI=1S/C20H17NO3/c1-2-16-12-20(16,14-21)19(22)23-13-15-7-6-10-18(11-15)24-17-8-4-3-5-9-17/h2-11,16H,1,12-13H2. The zero-order valence-electron chi connectivity index (χ0n) is 13.1. The number of nitrogens with zero attached hydrogens (tertiary/aromatic N) is 1. The van der Waals surface area contributed by atoms with Gasteiger partial charge in [0, 0.05) is 5.92 Å². The minimum atomic E-state index is -1.04. The number of carbonyl (C=O) groups is 1. The van der Waals surface area contributed by atoms with Crippen LogP contribution in [0.25, 0.3) is 0 Å². The lowest BCUT2D eigenvalue weighted by molar-refractivity contribution is -0.149. The third kappa shape index (κ3) is 3.16. The summed E-state index contributed by atoms with van der Waals surface area (Å²) in [4.78, 5) is 12.2. The van der Waals surface area contributed by atoms with Crippen molar-refractivity contribution in [3.8, 4) is 17.6 Å². The van der Waals surface area contributed by atoms with Gasteiger partial charge in [-0.25, -0.2) is 0 Å². The molecule has 4 heteroatoms. The summed E-state index contributed by atoms with van der Waals surface area (Å²) in [6.07, 6.45) is 2.13. The summed E-state index contributed by atoms with van der Waals surface area (Å²) in [5.41, 5.74) is -0.236. The first-order valence-electron chi connectivity index (χ1n) is 7.71. The smallest absolute Gasteiger partial charge is 0.327 e. The highest BCUT2D eigenvalue weighted by Gasteiger charge is 2.60. The van der Waals surface area contributed by atoms with E-state index in [1.165, 1.54) is 0 Å². The first-order chi connectivity index (χ1) is 11.7. The lowest BCUT2D eigenvalue weighted by Crippen LogP contribution is -2.19. The zero-order chi connectivity index (χ0) is 17.0. The van der Waals surface area contributed by atoms with Crippen molar-refractivity contribution in [2.75, 3.05) is 0 Å². The molecule has 2 atom stereocenters. The Labute approximate surface area is 140 Å². The Morgan fingerprint density at radius 1 is 1.25 bits per heavy atom. The van der Waals surface area contributed by atoms with Gasteiger partial charge in [-0.15, -0.1) is 6.58 Å². The Morgan fingerprint density at radius 3 is 2.67 bits per heavy atom. The molecule has 0 bridgehead atoms. The molecule has 0 amide bonds. The number of nitriles is 1. The quantitative estimate of drug-likeness (QED) is 0.590. The number of allylic oxidation sites excluding steroid dienone is 1. The minimum absolute atomic E-state index is 0.109. The summed E-state index contributed by atoms with van der Waals surface area (Å²) < 4.78 is 11.1. The second-order valence-corrected chi connectivity index (χ2v) is 5.77. The van der Waals surface area contributed by atoms with Crippen LogP contribution < -0.4 is 4.74 Å². The molecule has 2 unspecified atom stereocenters. The third-order valence-corrected chi connectivity index (χ3v) is 4.11. The van der Waals surface area contributed by atoms with E-state index in [9.17, 15) is 10.1 Å². The molecule has 0 aliphatic heterocycles. The van der Waals surface area contributed by atoms with E-state index in [2.05, 4.69) is 12.6 Å². The number of benzene rings is 2. The lowest BCUT2D eigenvalue weighted by atomic mass is 10.1. The van der Waals surface area contributed by atoms with Crippen LogP contribution in [0.4, 0.5) is 0 Å². The first-order valence-corrected chi connectivity index (χ1v) is 7.71. The third-order valence-electron chi connectivity index (χ3n) is 4.11. The summed E-state index contributed by atoms with van der Waals surface area (Å²) in [5, 5.41) is 9.22. The normalized spacial score (nSPS) is 21.4.